The second kappa shape index (κ2) is 21.3. The van der Waals surface area contributed by atoms with Gasteiger partial charge in [-0.25, -0.2) is 0 Å². The molecular weight excluding hydrogens is 384 g/mol. The Morgan fingerprint density at radius 1 is 0.594 bits per heavy atom. The molecule has 0 bridgehead atoms. The Morgan fingerprint density at radius 3 is 1.25 bits per heavy atom. The van der Waals surface area contributed by atoms with E-state index in [2.05, 4.69) is 95.3 Å². The third kappa shape index (κ3) is 16.1. The zero-order chi connectivity index (χ0) is 25.6. The van der Waals surface area contributed by atoms with Gasteiger partial charge >= 0.3 is 0 Å². The van der Waals surface area contributed by atoms with Gasteiger partial charge in [0.15, 0.2) is 0 Å². The first-order valence-corrected chi connectivity index (χ1v) is 13.4. The molecule has 0 radical (unpaired) electrons. The van der Waals surface area contributed by atoms with Crippen LogP contribution in [0, 0.1) is 5.41 Å². The Hall–Kier alpha value is -1.56. The maximum atomic E-state index is 2.40. The van der Waals surface area contributed by atoms with E-state index in [-0.39, 0.29) is 0 Å². The molecule has 1 fully saturated rings. The Kier molecular flexibility index (Phi) is 23.3. The minimum Gasteiger partial charge on any atom is -0.0683 e. The first-order chi connectivity index (χ1) is 15.3. The van der Waals surface area contributed by atoms with E-state index in [9.17, 15) is 0 Å². The Labute approximate surface area is 204 Å². The van der Waals surface area contributed by atoms with Gasteiger partial charge in [-0.2, -0.15) is 0 Å². The van der Waals surface area contributed by atoms with E-state index in [0.717, 1.165) is 5.92 Å². The predicted molar refractivity (Wildman–Crippen MR) is 152 cm³/mol. The summed E-state index contributed by atoms with van der Waals surface area (Å²) in [6.45, 7) is 27.5. The fourth-order valence-electron chi connectivity index (χ4n) is 3.40. The fraction of sp³-hybridized carbons (Fsp3) is 0.625. The van der Waals surface area contributed by atoms with Gasteiger partial charge in [-0.05, 0) is 53.6 Å². The average molecular weight is 443 g/mol. The van der Waals surface area contributed by atoms with Gasteiger partial charge in [0.25, 0.3) is 0 Å². The third-order valence-electron chi connectivity index (χ3n) is 5.25. The first kappa shape index (κ1) is 35.0. The lowest BCUT2D eigenvalue weighted by atomic mass is 9.71. The molecular formula is C32H58. The Bertz CT molecular complexity index is 577. The summed E-state index contributed by atoms with van der Waals surface area (Å²) in [7, 11) is 0. The van der Waals surface area contributed by atoms with Crippen molar-refractivity contribution in [2.75, 3.05) is 0 Å². The van der Waals surface area contributed by atoms with Gasteiger partial charge < -0.3 is 0 Å². The standard InChI is InChI=1S/C14H20.C10H14.4C2H6/c1-14(2)10-8-13(9-11-14)12-6-4-3-5-7-12;1-10(2,3)9-7-5-4-6-8-9;4*1-2/h3-7,13H,8-11H2,1-2H3;4-8H,1-3H3;4*1-2H3. The van der Waals surface area contributed by atoms with Gasteiger partial charge in [-0.3, -0.25) is 0 Å². The van der Waals surface area contributed by atoms with Crippen molar-refractivity contribution in [1.82, 2.24) is 0 Å². The van der Waals surface area contributed by atoms with Crippen LogP contribution in [-0.2, 0) is 5.41 Å². The topological polar surface area (TPSA) is 0 Å². The highest BCUT2D eigenvalue weighted by molar-refractivity contribution is 5.22. The molecule has 0 unspecified atom stereocenters. The summed E-state index contributed by atoms with van der Waals surface area (Å²) in [6, 6.07) is 21.5. The Morgan fingerprint density at radius 2 is 0.938 bits per heavy atom. The first-order valence-electron chi connectivity index (χ1n) is 13.4. The second-order valence-electron chi connectivity index (χ2n) is 8.97. The highest BCUT2D eigenvalue weighted by atomic mass is 14.3. The van der Waals surface area contributed by atoms with Crippen molar-refractivity contribution in [2.24, 2.45) is 5.41 Å². The zero-order valence-electron chi connectivity index (χ0n) is 24.2. The van der Waals surface area contributed by atoms with Crippen LogP contribution in [0.2, 0.25) is 0 Å². The van der Waals surface area contributed by atoms with E-state index in [0.29, 0.717) is 10.8 Å². The quantitative estimate of drug-likeness (QED) is 0.412. The van der Waals surface area contributed by atoms with Crippen molar-refractivity contribution >= 4 is 0 Å². The van der Waals surface area contributed by atoms with Crippen LogP contribution in [0.5, 0.6) is 0 Å². The monoisotopic (exact) mass is 442 g/mol. The minimum absolute atomic E-state index is 0.293. The fourth-order valence-corrected chi connectivity index (χ4v) is 3.40. The van der Waals surface area contributed by atoms with Crippen LogP contribution in [-0.4, -0.2) is 0 Å². The molecule has 2 aromatic carbocycles. The van der Waals surface area contributed by atoms with Crippen LogP contribution in [0.1, 0.15) is 133 Å². The molecule has 0 heteroatoms. The summed E-state index contributed by atoms with van der Waals surface area (Å²) in [5.41, 5.74) is 3.82. The molecule has 0 amide bonds. The number of hydrogen-bond acceptors (Lipinski definition) is 0. The lowest BCUT2D eigenvalue weighted by Crippen LogP contribution is -2.20. The van der Waals surface area contributed by atoms with Crippen LogP contribution >= 0.6 is 0 Å². The SMILES string of the molecule is CC.CC.CC.CC.CC(C)(C)c1ccccc1.CC1(C)CCC(c2ccccc2)CC1. The highest BCUT2D eigenvalue weighted by Crippen LogP contribution is 2.42. The maximum Gasteiger partial charge on any atom is -0.0132 e. The molecule has 186 valence electrons. The van der Waals surface area contributed by atoms with Crippen LogP contribution in [0.3, 0.4) is 0 Å². The normalized spacial score (nSPS) is 14.0. The average Bonchev–Trinajstić information content (AvgIpc) is 2.85. The Balaban J connectivity index is -0.000000412. The van der Waals surface area contributed by atoms with E-state index < -0.39 is 0 Å². The molecule has 0 heterocycles. The minimum atomic E-state index is 0.293. The van der Waals surface area contributed by atoms with E-state index in [4.69, 9.17) is 0 Å². The van der Waals surface area contributed by atoms with Crippen molar-refractivity contribution in [3.63, 3.8) is 0 Å². The molecule has 0 saturated heterocycles. The lowest BCUT2D eigenvalue weighted by Gasteiger charge is -2.34. The molecule has 1 aliphatic carbocycles. The van der Waals surface area contributed by atoms with E-state index in [1.165, 1.54) is 31.2 Å². The van der Waals surface area contributed by atoms with Crippen LogP contribution in [0.4, 0.5) is 0 Å². The molecule has 0 spiro atoms. The molecule has 0 nitrogen and oxygen atoms in total. The number of benzene rings is 2. The molecule has 1 aliphatic rings. The summed E-state index contributed by atoms with van der Waals surface area (Å²) < 4.78 is 0. The van der Waals surface area contributed by atoms with Gasteiger partial charge in [0.05, 0.1) is 0 Å². The molecule has 3 rings (SSSR count). The summed E-state index contributed by atoms with van der Waals surface area (Å²) in [6.07, 6.45) is 5.51. The largest absolute Gasteiger partial charge is 0.0683 e. The molecule has 1 saturated carbocycles. The van der Waals surface area contributed by atoms with Crippen LogP contribution in [0.25, 0.3) is 0 Å². The summed E-state index contributed by atoms with van der Waals surface area (Å²) in [5, 5.41) is 0. The van der Waals surface area contributed by atoms with Crippen LogP contribution < -0.4 is 0 Å². The van der Waals surface area contributed by atoms with Crippen molar-refractivity contribution in [3.05, 3.63) is 71.8 Å². The van der Waals surface area contributed by atoms with Crippen molar-refractivity contribution in [1.29, 1.82) is 0 Å². The highest BCUT2D eigenvalue weighted by Gasteiger charge is 2.27. The smallest absolute Gasteiger partial charge is 0.0132 e. The van der Waals surface area contributed by atoms with Gasteiger partial charge in [0.1, 0.15) is 0 Å². The number of hydrogen-bond donors (Lipinski definition) is 0. The van der Waals surface area contributed by atoms with Crippen molar-refractivity contribution < 1.29 is 0 Å². The summed E-state index contributed by atoms with van der Waals surface area (Å²) >= 11 is 0. The van der Waals surface area contributed by atoms with E-state index >= 15 is 0 Å². The van der Waals surface area contributed by atoms with Gasteiger partial charge in [-0.15, -0.1) is 0 Å². The molecule has 2 aromatic rings. The van der Waals surface area contributed by atoms with Gasteiger partial charge in [-0.1, -0.05) is 151 Å². The molecule has 0 aromatic heterocycles. The van der Waals surface area contributed by atoms with Crippen molar-refractivity contribution in [3.8, 4) is 0 Å². The van der Waals surface area contributed by atoms with Gasteiger partial charge in [0, 0.05) is 0 Å². The second-order valence-corrected chi connectivity index (χ2v) is 8.97. The molecule has 0 aliphatic heterocycles. The molecule has 0 N–H and O–H groups in total. The maximum absolute atomic E-state index is 2.40. The lowest BCUT2D eigenvalue weighted by molar-refractivity contribution is 0.224. The summed E-state index contributed by atoms with van der Waals surface area (Å²) in [4.78, 5) is 0. The number of rotatable bonds is 1. The predicted octanol–water partition coefficient (Wildman–Crippen LogP) is 11.5. The molecule has 32 heavy (non-hydrogen) atoms. The summed E-state index contributed by atoms with van der Waals surface area (Å²) in [5.74, 6) is 0.823. The van der Waals surface area contributed by atoms with E-state index in [1.54, 1.807) is 5.56 Å². The third-order valence-corrected chi connectivity index (χ3v) is 5.25. The zero-order valence-corrected chi connectivity index (χ0v) is 24.2. The van der Waals surface area contributed by atoms with Crippen LogP contribution in [0.15, 0.2) is 60.7 Å². The van der Waals surface area contributed by atoms with E-state index in [1.807, 2.05) is 55.4 Å². The molecule has 0 atom stereocenters. The van der Waals surface area contributed by atoms with Gasteiger partial charge in [0.2, 0.25) is 0 Å². The van der Waals surface area contributed by atoms with Crippen molar-refractivity contribution in [2.45, 2.75) is 127 Å².